The van der Waals surface area contributed by atoms with Crippen LogP contribution in [0.4, 0.5) is 17.6 Å². The third-order valence-electron chi connectivity index (χ3n) is 4.01. The Hall–Kier alpha value is -1.64. The first kappa shape index (κ1) is 20.7. The molecule has 26 heavy (non-hydrogen) atoms. The SMILES string of the molecule is Cl.Fc1ccc(-c2oc(C3CCNCC3)nc2COCC(F)(F)F)cc1. The van der Waals surface area contributed by atoms with E-state index in [4.69, 9.17) is 9.15 Å². The molecule has 144 valence electrons. The fourth-order valence-electron chi connectivity index (χ4n) is 2.80. The quantitative estimate of drug-likeness (QED) is 0.761. The summed E-state index contributed by atoms with van der Waals surface area (Å²) in [5, 5.41) is 3.23. The van der Waals surface area contributed by atoms with Crippen LogP contribution in [0.15, 0.2) is 28.7 Å². The first-order chi connectivity index (χ1) is 11.9. The molecule has 0 amide bonds. The van der Waals surface area contributed by atoms with Crippen LogP contribution in [0.1, 0.15) is 30.3 Å². The summed E-state index contributed by atoms with van der Waals surface area (Å²) in [4.78, 5) is 4.37. The molecular weight excluding hydrogens is 376 g/mol. The summed E-state index contributed by atoms with van der Waals surface area (Å²) in [7, 11) is 0. The molecule has 1 fully saturated rings. The Bertz CT molecular complexity index is 698. The van der Waals surface area contributed by atoms with Gasteiger partial charge in [0.1, 0.15) is 18.1 Å². The number of ether oxygens (including phenoxy) is 1. The molecule has 4 nitrogen and oxygen atoms in total. The summed E-state index contributed by atoms with van der Waals surface area (Å²) in [6.45, 7) is -0.0102. The third-order valence-corrected chi connectivity index (χ3v) is 4.01. The Balaban J connectivity index is 0.00000243. The number of nitrogens with zero attached hydrogens (tertiary/aromatic N) is 1. The zero-order chi connectivity index (χ0) is 17.9. The molecule has 0 saturated carbocycles. The van der Waals surface area contributed by atoms with Crippen molar-refractivity contribution < 1.29 is 26.7 Å². The maximum atomic E-state index is 13.1. The molecule has 1 aromatic carbocycles. The summed E-state index contributed by atoms with van der Waals surface area (Å²) in [6, 6.07) is 5.55. The highest BCUT2D eigenvalue weighted by Gasteiger charge is 2.29. The van der Waals surface area contributed by atoms with Crippen molar-refractivity contribution in [1.29, 1.82) is 0 Å². The number of hydrogen-bond donors (Lipinski definition) is 1. The van der Waals surface area contributed by atoms with Crippen molar-refractivity contribution >= 4 is 12.4 Å². The Morgan fingerprint density at radius 1 is 1.15 bits per heavy atom. The van der Waals surface area contributed by atoms with Gasteiger partial charge in [0.05, 0.1) is 6.61 Å². The molecule has 1 aliphatic heterocycles. The van der Waals surface area contributed by atoms with Crippen LogP contribution in [0.3, 0.4) is 0 Å². The van der Waals surface area contributed by atoms with Gasteiger partial charge < -0.3 is 14.5 Å². The molecule has 1 N–H and O–H groups in total. The monoisotopic (exact) mass is 394 g/mol. The van der Waals surface area contributed by atoms with Crippen molar-refractivity contribution in [2.75, 3.05) is 19.7 Å². The topological polar surface area (TPSA) is 47.3 Å². The Morgan fingerprint density at radius 2 is 1.81 bits per heavy atom. The van der Waals surface area contributed by atoms with Gasteiger partial charge in [0, 0.05) is 11.5 Å². The molecule has 2 heterocycles. The van der Waals surface area contributed by atoms with Crippen LogP contribution in [0.2, 0.25) is 0 Å². The smallest absolute Gasteiger partial charge is 0.411 e. The zero-order valence-corrected chi connectivity index (χ0v) is 14.6. The van der Waals surface area contributed by atoms with Gasteiger partial charge in [-0.15, -0.1) is 12.4 Å². The Kier molecular flexibility index (Phi) is 7.02. The zero-order valence-electron chi connectivity index (χ0n) is 13.8. The van der Waals surface area contributed by atoms with E-state index in [9.17, 15) is 17.6 Å². The Morgan fingerprint density at radius 3 is 2.42 bits per heavy atom. The van der Waals surface area contributed by atoms with Gasteiger partial charge in [0.15, 0.2) is 11.7 Å². The molecule has 3 rings (SSSR count). The van der Waals surface area contributed by atoms with E-state index in [1.807, 2.05) is 0 Å². The molecular formula is C17H19ClF4N2O2. The minimum absolute atomic E-state index is 0. The summed E-state index contributed by atoms with van der Waals surface area (Å²) in [5.74, 6) is 0.524. The van der Waals surface area contributed by atoms with Gasteiger partial charge in [-0.3, -0.25) is 0 Å². The molecule has 1 saturated heterocycles. The van der Waals surface area contributed by atoms with Gasteiger partial charge in [-0.1, -0.05) is 0 Å². The van der Waals surface area contributed by atoms with E-state index in [0.717, 1.165) is 25.9 Å². The first-order valence-electron chi connectivity index (χ1n) is 8.03. The lowest BCUT2D eigenvalue weighted by molar-refractivity contribution is -0.176. The lowest BCUT2D eigenvalue weighted by Gasteiger charge is -2.19. The standard InChI is InChI=1S/C17H18F4N2O2.ClH/c18-13-3-1-11(2-4-13)15-14(9-24-10-17(19,20)21)23-16(25-15)12-5-7-22-8-6-12;/h1-4,12,22H,5-10H2;1H. The van der Waals surface area contributed by atoms with E-state index in [0.29, 0.717) is 22.9 Å². The van der Waals surface area contributed by atoms with E-state index < -0.39 is 18.6 Å². The van der Waals surface area contributed by atoms with Crippen molar-refractivity contribution in [3.8, 4) is 11.3 Å². The van der Waals surface area contributed by atoms with Crippen LogP contribution in [-0.2, 0) is 11.3 Å². The molecule has 0 bridgehead atoms. The largest absolute Gasteiger partial charge is 0.440 e. The normalized spacial score (nSPS) is 15.7. The lowest BCUT2D eigenvalue weighted by atomic mass is 9.98. The fraction of sp³-hybridized carbons (Fsp3) is 0.471. The van der Waals surface area contributed by atoms with Gasteiger partial charge in [-0.25, -0.2) is 9.37 Å². The van der Waals surface area contributed by atoms with E-state index >= 15 is 0 Å². The Labute approximate surface area is 154 Å². The van der Waals surface area contributed by atoms with Crippen molar-refractivity contribution in [2.24, 2.45) is 0 Å². The van der Waals surface area contributed by atoms with Crippen LogP contribution in [-0.4, -0.2) is 30.9 Å². The number of oxazole rings is 1. The van der Waals surface area contributed by atoms with Crippen LogP contribution in [0.5, 0.6) is 0 Å². The highest BCUT2D eigenvalue weighted by molar-refractivity contribution is 5.85. The molecule has 0 unspecified atom stereocenters. The van der Waals surface area contributed by atoms with Crippen molar-refractivity contribution in [2.45, 2.75) is 31.5 Å². The average molecular weight is 395 g/mol. The second-order valence-corrected chi connectivity index (χ2v) is 5.97. The number of piperidine rings is 1. The van der Waals surface area contributed by atoms with Gasteiger partial charge >= 0.3 is 6.18 Å². The highest BCUT2D eigenvalue weighted by Crippen LogP contribution is 2.32. The van der Waals surface area contributed by atoms with E-state index in [2.05, 4.69) is 10.3 Å². The molecule has 9 heteroatoms. The van der Waals surface area contributed by atoms with Gasteiger partial charge in [-0.2, -0.15) is 13.2 Å². The van der Waals surface area contributed by atoms with Crippen molar-refractivity contribution in [1.82, 2.24) is 10.3 Å². The predicted octanol–water partition coefficient (Wildman–Crippen LogP) is 4.45. The van der Waals surface area contributed by atoms with Crippen molar-refractivity contribution in [3.63, 3.8) is 0 Å². The van der Waals surface area contributed by atoms with E-state index in [-0.39, 0.29) is 24.9 Å². The predicted molar refractivity (Wildman–Crippen MR) is 89.7 cm³/mol. The number of hydrogen-bond acceptors (Lipinski definition) is 4. The maximum absolute atomic E-state index is 13.1. The number of nitrogens with one attached hydrogen (secondary N) is 1. The fourth-order valence-corrected chi connectivity index (χ4v) is 2.80. The first-order valence-corrected chi connectivity index (χ1v) is 8.03. The second-order valence-electron chi connectivity index (χ2n) is 5.97. The molecule has 2 aromatic rings. The van der Waals surface area contributed by atoms with E-state index in [1.165, 1.54) is 24.3 Å². The van der Waals surface area contributed by atoms with Crippen LogP contribution in [0.25, 0.3) is 11.3 Å². The molecule has 0 aliphatic carbocycles. The number of alkyl halides is 3. The number of benzene rings is 1. The average Bonchev–Trinajstić information content (AvgIpc) is 2.99. The van der Waals surface area contributed by atoms with Crippen LogP contribution < -0.4 is 5.32 Å². The number of aromatic nitrogens is 1. The minimum atomic E-state index is -4.41. The minimum Gasteiger partial charge on any atom is -0.440 e. The van der Waals surface area contributed by atoms with Gasteiger partial charge in [0.25, 0.3) is 0 Å². The highest BCUT2D eigenvalue weighted by atomic mass is 35.5. The third kappa shape index (κ3) is 5.43. The van der Waals surface area contributed by atoms with Crippen molar-refractivity contribution in [3.05, 3.63) is 41.7 Å². The van der Waals surface area contributed by atoms with Crippen LogP contribution >= 0.6 is 12.4 Å². The number of halogens is 5. The molecule has 0 spiro atoms. The maximum Gasteiger partial charge on any atom is 0.411 e. The summed E-state index contributed by atoms with van der Waals surface area (Å²) >= 11 is 0. The van der Waals surface area contributed by atoms with Crippen LogP contribution in [0, 0.1) is 5.82 Å². The molecule has 0 atom stereocenters. The van der Waals surface area contributed by atoms with Gasteiger partial charge in [-0.05, 0) is 50.2 Å². The number of rotatable bonds is 5. The van der Waals surface area contributed by atoms with E-state index in [1.54, 1.807) is 0 Å². The summed E-state index contributed by atoms with van der Waals surface area (Å²) < 4.78 is 60.6. The molecule has 0 radical (unpaired) electrons. The second kappa shape index (κ2) is 8.83. The van der Waals surface area contributed by atoms with Gasteiger partial charge in [0.2, 0.25) is 0 Å². The molecule has 1 aromatic heterocycles. The summed E-state index contributed by atoms with van der Waals surface area (Å²) in [5.41, 5.74) is 0.851. The molecule has 1 aliphatic rings. The lowest BCUT2D eigenvalue weighted by Crippen LogP contribution is -2.26. The summed E-state index contributed by atoms with van der Waals surface area (Å²) in [6.07, 6.45) is -2.73.